The monoisotopic (exact) mass is 358 g/mol. The lowest BCUT2D eigenvalue weighted by molar-refractivity contribution is 0.105. The number of rotatable bonds is 8. The lowest BCUT2D eigenvalue weighted by atomic mass is 10.2. The molecule has 0 aromatic heterocycles. The normalized spacial score (nSPS) is 17.4. The smallest absolute Gasteiger partial charge is 0.407 e. The summed E-state index contributed by atoms with van der Waals surface area (Å²) < 4.78 is 16.7. The number of cyclic esters (lactones) is 1. The molecule has 1 aromatic carbocycles. The molecule has 0 spiro atoms. The first kappa shape index (κ1) is 16.1. The van der Waals surface area contributed by atoms with Crippen molar-refractivity contribution in [3.05, 3.63) is 28.2 Å². The minimum absolute atomic E-state index is 0.232. The Morgan fingerprint density at radius 1 is 1.52 bits per heavy atom. The molecule has 7 heteroatoms. The Hall–Kier alpha value is -1.31. The number of ether oxygens (including phenoxy) is 3. The van der Waals surface area contributed by atoms with Crippen LogP contribution in [0.1, 0.15) is 5.56 Å². The minimum atomic E-state index is -0.387. The Morgan fingerprint density at radius 2 is 2.38 bits per heavy atom. The number of halogens is 1. The fourth-order valence-corrected chi connectivity index (χ4v) is 2.27. The highest BCUT2D eigenvalue weighted by molar-refractivity contribution is 9.10. The molecule has 1 aliphatic heterocycles. The van der Waals surface area contributed by atoms with Crippen molar-refractivity contribution in [1.29, 1.82) is 0 Å². The van der Waals surface area contributed by atoms with E-state index in [0.29, 0.717) is 19.8 Å². The van der Waals surface area contributed by atoms with E-state index in [-0.39, 0.29) is 12.2 Å². The third-order valence-corrected chi connectivity index (χ3v) is 3.77. The van der Waals surface area contributed by atoms with Crippen LogP contribution in [0.4, 0.5) is 4.79 Å². The third kappa shape index (κ3) is 5.18. The van der Waals surface area contributed by atoms with E-state index in [1.807, 2.05) is 18.2 Å². The number of hydrogen-bond acceptors (Lipinski definition) is 5. The van der Waals surface area contributed by atoms with E-state index >= 15 is 0 Å². The van der Waals surface area contributed by atoms with Crippen molar-refractivity contribution < 1.29 is 19.0 Å². The maximum atomic E-state index is 10.9. The number of nitrogens with one attached hydrogen (secondary N) is 2. The zero-order valence-electron chi connectivity index (χ0n) is 11.9. The minimum Gasteiger partial charge on any atom is -0.490 e. The molecule has 21 heavy (non-hydrogen) atoms. The first-order chi connectivity index (χ1) is 10.2. The lowest BCUT2D eigenvalue weighted by Gasteiger charge is -2.12. The van der Waals surface area contributed by atoms with E-state index in [1.165, 1.54) is 0 Å². The van der Waals surface area contributed by atoms with Gasteiger partial charge >= 0.3 is 6.09 Å². The van der Waals surface area contributed by atoms with Gasteiger partial charge < -0.3 is 24.8 Å². The topological polar surface area (TPSA) is 68.8 Å². The third-order valence-electron chi connectivity index (χ3n) is 3.00. The molecule has 2 rings (SSSR count). The summed E-state index contributed by atoms with van der Waals surface area (Å²) in [5.74, 6) is 0.754. The van der Waals surface area contributed by atoms with Crippen molar-refractivity contribution in [3.8, 4) is 5.75 Å². The van der Waals surface area contributed by atoms with Crippen LogP contribution in [0.3, 0.4) is 0 Å². The van der Waals surface area contributed by atoms with Gasteiger partial charge in [-0.2, -0.15) is 0 Å². The van der Waals surface area contributed by atoms with Gasteiger partial charge in [0.2, 0.25) is 0 Å². The molecule has 0 saturated carbocycles. The summed E-state index contributed by atoms with van der Waals surface area (Å²) in [6.45, 7) is 3.02. The van der Waals surface area contributed by atoms with Gasteiger partial charge in [-0.15, -0.1) is 0 Å². The Kier molecular flexibility index (Phi) is 6.28. The largest absolute Gasteiger partial charge is 0.490 e. The van der Waals surface area contributed by atoms with E-state index in [2.05, 4.69) is 26.6 Å². The molecule has 1 aromatic rings. The molecular weight excluding hydrogens is 340 g/mol. The molecule has 1 aliphatic rings. The van der Waals surface area contributed by atoms with Crippen LogP contribution < -0.4 is 15.4 Å². The lowest BCUT2D eigenvalue weighted by Crippen LogP contribution is -2.22. The highest BCUT2D eigenvalue weighted by Gasteiger charge is 2.22. The van der Waals surface area contributed by atoms with Gasteiger partial charge in [0.25, 0.3) is 0 Å². The average molecular weight is 359 g/mol. The van der Waals surface area contributed by atoms with Gasteiger partial charge in [-0.05, 0) is 23.8 Å². The van der Waals surface area contributed by atoms with E-state index in [0.717, 1.165) is 28.9 Å². The number of amides is 1. The molecule has 0 bridgehead atoms. The molecule has 0 aliphatic carbocycles. The van der Waals surface area contributed by atoms with Crippen molar-refractivity contribution >= 4 is 22.0 Å². The predicted molar refractivity (Wildman–Crippen MR) is 81.5 cm³/mol. The quantitative estimate of drug-likeness (QED) is 0.692. The van der Waals surface area contributed by atoms with Gasteiger partial charge in [-0.1, -0.05) is 15.9 Å². The van der Waals surface area contributed by atoms with Crippen LogP contribution in [0.15, 0.2) is 22.7 Å². The van der Waals surface area contributed by atoms with Crippen LogP contribution in [0.25, 0.3) is 0 Å². The van der Waals surface area contributed by atoms with Gasteiger partial charge in [0, 0.05) is 24.7 Å². The molecule has 1 heterocycles. The van der Waals surface area contributed by atoms with Crippen molar-refractivity contribution in [2.24, 2.45) is 0 Å². The molecule has 6 nitrogen and oxygen atoms in total. The number of alkyl carbamates (subject to hydrolysis) is 1. The zero-order chi connectivity index (χ0) is 15.1. The van der Waals surface area contributed by atoms with Gasteiger partial charge in [-0.3, -0.25) is 0 Å². The zero-order valence-corrected chi connectivity index (χ0v) is 13.4. The van der Waals surface area contributed by atoms with E-state index in [4.69, 9.17) is 14.2 Å². The van der Waals surface area contributed by atoms with Crippen molar-refractivity contribution in [2.75, 3.05) is 33.4 Å². The molecule has 0 radical (unpaired) electrons. The number of benzene rings is 1. The summed E-state index contributed by atoms with van der Waals surface area (Å²) in [5, 5.41) is 5.88. The highest BCUT2D eigenvalue weighted by atomic mass is 79.9. The van der Waals surface area contributed by atoms with Crippen LogP contribution in [0.2, 0.25) is 0 Å². The van der Waals surface area contributed by atoms with E-state index in [1.54, 1.807) is 7.11 Å². The maximum Gasteiger partial charge on any atom is 0.407 e. The first-order valence-electron chi connectivity index (χ1n) is 6.74. The number of carbonyl (C=O) groups is 1. The van der Waals surface area contributed by atoms with E-state index in [9.17, 15) is 4.79 Å². The second kappa shape index (κ2) is 8.21. The van der Waals surface area contributed by atoms with Crippen LogP contribution in [-0.2, 0) is 16.0 Å². The van der Waals surface area contributed by atoms with E-state index < -0.39 is 0 Å². The summed E-state index contributed by atoms with van der Waals surface area (Å²) in [7, 11) is 1.68. The summed E-state index contributed by atoms with van der Waals surface area (Å²) in [4.78, 5) is 10.9. The molecule has 1 atom stereocenters. The Morgan fingerprint density at radius 3 is 3.10 bits per heavy atom. The molecule has 1 saturated heterocycles. The fourth-order valence-electron chi connectivity index (χ4n) is 1.89. The van der Waals surface area contributed by atoms with Crippen molar-refractivity contribution in [1.82, 2.24) is 10.6 Å². The standard InChI is InChI=1S/C14H19BrN2O4/c1-19-5-4-16-7-10-6-11(2-3-13(10)15)20-9-12-8-17-14(18)21-12/h2-3,6,12,16H,4-5,7-9H2,1H3,(H,17,18). The molecule has 1 unspecified atom stereocenters. The second-order valence-corrected chi connectivity index (χ2v) is 5.50. The molecule has 1 fully saturated rings. The van der Waals surface area contributed by atoms with Crippen molar-refractivity contribution in [2.45, 2.75) is 12.6 Å². The van der Waals surface area contributed by atoms with Crippen LogP contribution >= 0.6 is 15.9 Å². The van der Waals surface area contributed by atoms with Gasteiger partial charge in [0.1, 0.15) is 12.4 Å². The molecule has 1 amide bonds. The number of hydrogen-bond donors (Lipinski definition) is 2. The molecule has 116 valence electrons. The summed E-state index contributed by atoms with van der Waals surface area (Å²) in [5.41, 5.74) is 1.10. The second-order valence-electron chi connectivity index (χ2n) is 4.64. The first-order valence-corrected chi connectivity index (χ1v) is 7.53. The van der Waals surface area contributed by atoms with Gasteiger partial charge in [0.05, 0.1) is 13.2 Å². The van der Waals surface area contributed by atoms with Gasteiger partial charge in [0.15, 0.2) is 6.10 Å². The summed E-state index contributed by atoms with van der Waals surface area (Å²) in [6, 6.07) is 5.79. The van der Waals surface area contributed by atoms with Crippen LogP contribution in [0, 0.1) is 0 Å². The Balaban J connectivity index is 1.84. The van der Waals surface area contributed by atoms with Gasteiger partial charge in [-0.25, -0.2) is 4.79 Å². The Bertz CT molecular complexity index is 484. The maximum absolute atomic E-state index is 10.9. The molecular formula is C14H19BrN2O4. The predicted octanol–water partition coefficient (Wildman–Crippen LogP) is 1.67. The summed E-state index contributed by atoms with van der Waals surface area (Å²) in [6.07, 6.45) is -0.619. The molecule has 2 N–H and O–H groups in total. The fraction of sp³-hybridized carbons (Fsp3) is 0.500. The average Bonchev–Trinajstić information content (AvgIpc) is 2.89. The van der Waals surface area contributed by atoms with Crippen LogP contribution in [-0.4, -0.2) is 45.6 Å². The van der Waals surface area contributed by atoms with Crippen LogP contribution in [0.5, 0.6) is 5.75 Å². The van der Waals surface area contributed by atoms with Crippen molar-refractivity contribution in [3.63, 3.8) is 0 Å². The SMILES string of the molecule is COCCNCc1cc(OCC2CNC(=O)O2)ccc1Br. The number of methoxy groups -OCH3 is 1. The number of carbonyl (C=O) groups excluding carboxylic acids is 1. The Labute approximate surface area is 132 Å². The summed E-state index contributed by atoms with van der Waals surface area (Å²) >= 11 is 3.52. The highest BCUT2D eigenvalue weighted by Crippen LogP contribution is 2.23.